The molecule has 2 aliphatic heterocycles. The van der Waals surface area contributed by atoms with Crippen molar-refractivity contribution in [3.8, 4) is 0 Å². The van der Waals surface area contributed by atoms with Crippen LogP contribution < -0.4 is 0 Å². The van der Waals surface area contributed by atoms with Crippen LogP contribution in [0.1, 0.15) is 19.8 Å². The van der Waals surface area contributed by atoms with Gasteiger partial charge in [0, 0.05) is 26.2 Å². The molecule has 16 heavy (non-hydrogen) atoms. The van der Waals surface area contributed by atoms with Crippen molar-refractivity contribution in [2.75, 3.05) is 39.5 Å². The van der Waals surface area contributed by atoms with Gasteiger partial charge in [0.05, 0.1) is 24.7 Å². The van der Waals surface area contributed by atoms with Gasteiger partial charge in [-0.05, 0) is 12.8 Å². The van der Waals surface area contributed by atoms with E-state index in [1.54, 1.807) is 0 Å². The lowest BCUT2D eigenvalue weighted by Crippen LogP contribution is -2.48. The third-order valence-corrected chi connectivity index (χ3v) is 3.60. The summed E-state index contributed by atoms with van der Waals surface area (Å²) in [5, 5.41) is 0. The smallest absolute Gasteiger partial charge is 0.129 e. The van der Waals surface area contributed by atoms with Gasteiger partial charge in [-0.25, -0.2) is 0 Å². The highest BCUT2D eigenvalue weighted by Crippen LogP contribution is 2.28. The summed E-state index contributed by atoms with van der Waals surface area (Å²) in [6.07, 6.45) is 3.34. The zero-order valence-corrected chi connectivity index (χ0v) is 9.98. The van der Waals surface area contributed by atoms with E-state index in [1.807, 2.05) is 0 Å². The molecule has 0 spiro atoms. The first-order valence-electron chi connectivity index (χ1n) is 6.16. The molecule has 2 heterocycles. The average Bonchev–Trinajstić information content (AvgIpc) is 2.78. The molecule has 2 saturated heterocycles. The molecule has 4 heteroatoms. The van der Waals surface area contributed by atoms with E-state index < -0.39 is 0 Å². The molecule has 0 saturated carbocycles. The van der Waals surface area contributed by atoms with Gasteiger partial charge in [-0.2, -0.15) is 0 Å². The van der Waals surface area contributed by atoms with Crippen LogP contribution >= 0.6 is 0 Å². The Bertz CT molecular complexity index is 238. The van der Waals surface area contributed by atoms with Gasteiger partial charge in [-0.15, -0.1) is 0 Å². The van der Waals surface area contributed by atoms with Crippen LogP contribution in [0.3, 0.4) is 0 Å². The van der Waals surface area contributed by atoms with E-state index in [0.717, 1.165) is 52.0 Å². The number of hydrogen-bond donors (Lipinski definition) is 0. The number of nitrogens with zero attached hydrogens (tertiary/aromatic N) is 1. The summed E-state index contributed by atoms with van der Waals surface area (Å²) >= 11 is 0. The van der Waals surface area contributed by atoms with Crippen molar-refractivity contribution < 1.29 is 14.3 Å². The highest BCUT2D eigenvalue weighted by molar-refractivity contribution is 5.60. The summed E-state index contributed by atoms with van der Waals surface area (Å²) in [6.45, 7) is 6.95. The third kappa shape index (κ3) is 2.62. The molecule has 0 amide bonds. The summed E-state index contributed by atoms with van der Waals surface area (Å²) < 4.78 is 11.0. The molecule has 0 radical (unpaired) electrons. The fraction of sp³-hybridized carbons (Fsp3) is 0.917. The number of morpholine rings is 1. The van der Waals surface area contributed by atoms with Crippen molar-refractivity contribution >= 4 is 6.29 Å². The van der Waals surface area contributed by atoms with Gasteiger partial charge < -0.3 is 14.3 Å². The first-order chi connectivity index (χ1) is 7.78. The molecular formula is C12H21NO3. The van der Waals surface area contributed by atoms with E-state index >= 15 is 0 Å². The van der Waals surface area contributed by atoms with E-state index in [9.17, 15) is 4.79 Å². The second kappa shape index (κ2) is 5.25. The van der Waals surface area contributed by atoms with Crippen LogP contribution in [-0.2, 0) is 14.3 Å². The monoisotopic (exact) mass is 227 g/mol. The lowest BCUT2D eigenvalue weighted by molar-refractivity contribution is -0.119. The van der Waals surface area contributed by atoms with Gasteiger partial charge in [0.1, 0.15) is 6.29 Å². The molecule has 2 aliphatic rings. The molecule has 2 rings (SSSR count). The summed E-state index contributed by atoms with van der Waals surface area (Å²) in [6, 6.07) is 0. The van der Waals surface area contributed by atoms with Crippen molar-refractivity contribution in [2.45, 2.75) is 25.9 Å². The van der Waals surface area contributed by atoms with Crippen molar-refractivity contribution in [3.05, 3.63) is 0 Å². The molecule has 4 nitrogen and oxygen atoms in total. The summed E-state index contributed by atoms with van der Waals surface area (Å²) in [5.74, 6) is 0. The molecular weight excluding hydrogens is 206 g/mol. The van der Waals surface area contributed by atoms with Crippen LogP contribution in [0, 0.1) is 5.41 Å². The van der Waals surface area contributed by atoms with Crippen LogP contribution in [0.25, 0.3) is 0 Å². The maximum absolute atomic E-state index is 11.2. The van der Waals surface area contributed by atoms with Crippen molar-refractivity contribution in [1.82, 2.24) is 4.90 Å². The van der Waals surface area contributed by atoms with Gasteiger partial charge in [0.25, 0.3) is 0 Å². The van der Waals surface area contributed by atoms with Gasteiger partial charge in [-0.3, -0.25) is 4.90 Å². The summed E-state index contributed by atoms with van der Waals surface area (Å²) in [7, 11) is 0. The highest BCUT2D eigenvalue weighted by Gasteiger charge is 2.37. The molecule has 0 aliphatic carbocycles. The predicted octanol–water partition coefficient (Wildman–Crippen LogP) is 0.703. The number of carbonyl (C=O) groups excluding carboxylic acids is 1. The molecule has 2 fully saturated rings. The topological polar surface area (TPSA) is 38.8 Å². The molecule has 92 valence electrons. The van der Waals surface area contributed by atoms with Gasteiger partial charge >= 0.3 is 0 Å². The fourth-order valence-corrected chi connectivity index (χ4v) is 2.49. The number of aldehydes is 1. The minimum atomic E-state index is -0.254. The number of ether oxygens (including phenoxy) is 2. The number of carbonyl (C=O) groups is 1. The first-order valence-corrected chi connectivity index (χ1v) is 6.16. The second-order valence-corrected chi connectivity index (χ2v) is 4.92. The summed E-state index contributed by atoms with van der Waals surface area (Å²) in [4.78, 5) is 13.6. The largest absolute Gasteiger partial charge is 0.380 e. The van der Waals surface area contributed by atoms with E-state index in [-0.39, 0.29) is 5.41 Å². The van der Waals surface area contributed by atoms with Crippen LogP contribution in [0.4, 0.5) is 0 Å². The maximum Gasteiger partial charge on any atom is 0.129 e. The van der Waals surface area contributed by atoms with Gasteiger partial charge in [0.2, 0.25) is 0 Å². The Kier molecular flexibility index (Phi) is 3.95. The molecule has 0 aromatic heterocycles. The maximum atomic E-state index is 11.2. The Hall–Kier alpha value is -0.450. The number of hydrogen-bond acceptors (Lipinski definition) is 4. The lowest BCUT2D eigenvalue weighted by atomic mass is 9.88. The van der Waals surface area contributed by atoms with E-state index in [1.165, 1.54) is 0 Å². The van der Waals surface area contributed by atoms with Gasteiger partial charge in [0.15, 0.2) is 0 Å². The Labute approximate surface area is 96.9 Å². The SMILES string of the molecule is CCC1CN(CC2(C=O)CCOC2)CCO1. The highest BCUT2D eigenvalue weighted by atomic mass is 16.5. The zero-order chi connectivity index (χ0) is 11.4. The normalized spacial score (nSPS) is 36.4. The summed E-state index contributed by atoms with van der Waals surface area (Å²) in [5.41, 5.74) is -0.254. The van der Waals surface area contributed by atoms with E-state index in [2.05, 4.69) is 11.8 Å². The predicted molar refractivity (Wildman–Crippen MR) is 60.4 cm³/mol. The van der Waals surface area contributed by atoms with Crippen molar-refractivity contribution in [3.63, 3.8) is 0 Å². The molecule has 2 unspecified atom stereocenters. The molecule has 0 bridgehead atoms. The van der Waals surface area contributed by atoms with E-state index in [4.69, 9.17) is 9.47 Å². The van der Waals surface area contributed by atoms with Crippen LogP contribution in [0.15, 0.2) is 0 Å². The third-order valence-electron chi connectivity index (χ3n) is 3.60. The standard InChI is InChI=1S/C12H21NO3/c1-2-11-7-13(4-6-16-11)8-12(9-14)3-5-15-10-12/h9,11H,2-8,10H2,1H3. The molecule has 0 aromatic rings. The fourth-order valence-electron chi connectivity index (χ4n) is 2.49. The first kappa shape index (κ1) is 12.0. The quantitative estimate of drug-likeness (QED) is 0.663. The Morgan fingerprint density at radius 2 is 2.38 bits per heavy atom. The van der Waals surface area contributed by atoms with Crippen LogP contribution in [0.5, 0.6) is 0 Å². The van der Waals surface area contributed by atoms with Crippen molar-refractivity contribution in [1.29, 1.82) is 0 Å². The lowest BCUT2D eigenvalue weighted by Gasteiger charge is -2.36. The average molecular weight is 227 g/mol. The molecule has 0 N–H and O–H groups in total. The van der Waals surface area contributed by atoms with Gasteiger partial charge in [-0.1, -0.05) is 6.92 Å². The minimum absolute atomic E-state index is 0.254. The minimum Gasteiger partial charge on any atom is -0.380 e. The van der Waals surface area contributed by atoms with Crippen LogP contribution in [-0.4, -0.2) is 56.7 Å². The Balaban J connectivity index is 1.90. The van der Waals surface area contributed by atoms with E-state index in [0.29, 0.717) is 12.7 Å². The van der Waals surface area contributed by atoms with Crippen LogP contribution in [0.2, 0.25) is 0 Å². The second-order valence-electron chi connectivity index (χ2n) is 4.92. The zero-order valence-electron chi connectivity index (χ0n) is 9.98. The Morgan fingerprint density at radius 3 is 3.00 bits per heavy atom. The molecule has 2 atom stereocenters. The Morgan fingerprint density at radius 1 is 1.50 bits per heavy atom. The molecule has 0 aromatic carbocycles. The van der Waals surface area contributed by atoms with Crippen molar-refractivity contribution in [2.24, 2.45) is 5.41 Å². The number of rotatable bonds is 4.